The zero-order chi connectivity index (χ0) is 22.0. The van der Waals surface area contributed by atoms with Crippen molar-refractivity contribution in [1.82, 2.24) is 4.98 Å². The lowest BCUT2D eigenvalue weighted by molar-refractivity contribution is -0.111. The quantitative estimate of drug-likeness (QED) is 0.328. The van der Waals surface area contributed by atoms with E-state index < -0.39 is 0 Å². The van der Waals surface area contributed by atoms with Crippen molar-refractivity contribution in [3.8, 4) is 16.9 Å². The summed E-state index contributed by atoms with van der Waals surface area (Å²) in [5, 5.41) is 3.80. The zero-order valence-corrected chi connectivity index (χ0v) is 19.0. The molecule has 1 N–H and O–H groups in total. The normalized spacial score (nSPS) is 11.5. The molecule has 0 aliphatic rings. The Hall–Kier alpha value is -3.38. The van der Waals surface area contributed by atoms with Gasteiger partial charge < -0.3 is 14.5 Å². The maximum atomic E-state index is 12.5. The number of rotatable bonds is 5. The molecule has 0 atom stereocenters. The number of halogens is 1. The molecule has 0 aliphatic heterocycles. The lowest BCUT2D eigenvalue weighted by atomic mass is 9.96. The van der Waals surface area contributed by atoms with Crippen molar-refractivity contribution in [2.24, 2.45) is 0 Å². The van der Waals surface area contributed by atoms with Gasteiger partial charge in [0.15, 0.2) is 0 Å². The number of methoxy groups -OCH3 is 1. The molecule has 0 saturated carbocycles. The summed E-state index contributed by atoms with van der Waals surface area (Å²) in [5.74, 6) is 0.456. The summed E-state index contributed by atoms with van der Waals surface area (Å²) in [4.78, 5) is 16.6. The number of furan rings is 1. The highest BCUT2D eigenvalue weighted by molar-refractivity contribution is 9.10. The van der Waals surface area contributed by atoms with Crippen molar-refractivity contribution >= 4 is 44.1 Å². The van der Waals surface area contributed by atoms with Gasteiger partial charge in [-0.3, -0.25) is 9.78 Å². The van der Waals surface area contributed by atoms with Crippen LogP contribution < -0.4 is 10.1 Å². The van der Waals surface area contributed by atoms with Crippen molar-refractivity contribution in [3.05, 3.63) is 82.8 Å². The van der Waals surface area contributed by atoms with Gasteiger partial charge in [0, 0.05) is 38.8 Å². The first-order chi connectivity index (χ1) is 15.0. The van der Waals surface area contributed by atoms with Crippen molar-refractivity contribution in [1.29, 1.82) is 0 Å². The SMILES string of the molecule is COc1c(/C(C)=C/C(=O)Nc2cccnc2)cc2c(-c3ccc(Br)cc3)coc2c1C. The summed E-state index contributed by atoms with van der Waals surface area (Å²) < 4.78 is 12.6. The number of amides is 1. The van der Waals surface area contributed by atoms with Gasteiger partial charge >= 0.3 is 0 Å². The average Bonchev–Trinajstić information content (AvgIpc) is 3.19. The lowest BCUT2D eigenvalue weighted by Gasteiger charge is -2.13. The Morgan fingerprint density at radius 3 is 2.68 bits per heavy atom. The molecule has 0 saturated heterocycles. The van der Waals surface area contributed by atoms with Gasteiger partial charge in [0.05, 0.1) is 25.3 Å². The van der Waals surface area contributed by atoms with E-state index in [1.165, 1.54) is 0 Å². The fourth-order valence-corrected chi connectivity index (χ4v) is 3.88. The number of carbonyl (C=O) groups is 1. The highest BCUT2D eigenvalue weighted by Gasteiger charge is 2.18. The smallest absolute Gasteiger partial charge is 0.248 e. The van der Waals surface area contributed by atoms with Crippen LogP contribution in [-0.4, -0.2) is 18.0 Å². The Morgan fingerprint density at radius 1 is 1.23 bits per heavy atom. The summed E-state index contributed by atoms with van der Waals surface area (Å²) in [6.07, 6.45) is 6.59. The number of allylic oxidation sites excluding steroid dienone is 1. The number of nitrogens with one attached hydrogen (secondary N) is 1. The molecular weight excluding hydrogens is 456 g/mol. The van der Waals surface area contributed by atoms with Gasteiger partial charge in [-0.15, -0.1) is 0 Å². The van der Waals surface area contributed by atoms with Gasteiger partial charge in [-0.25, -0.2) is 0 Å². The van der Waals surface area contributed by atoms with Crippen LogP contribution in [0.3, 0.4) is 0 Å². The molecule has 4 aromatic rings. The van der Waals surface area contributed by atoms with Crippen molar-refractivity contribution < 1.29 is 13.9 Å². The number of hydrogen-bond donors (Lipinski definition) is 1. The maximum absolute atomic E-state index is 12.5. The number of anilines is 1. The van der Waals surface area contributed by atoms with Crippen LogP contribution in [0.2, 0.25) is 0 Å². The number of aryl methyl sites for hydroxylation is 1. The molecule has 6 heteroatoms. The minimum Gasteiger partial charge on any atom is -0.496 e. The number of carbonyl (C=O) groups excluding carboxylic acids is 1. The summed E-state index contributed by atoms with van der Waals surface area (Å²) in [6.45, 7) is 3.86. The molecular formula is C25H21BrN2O3. The average molecular weight is 477 g/mol. The summed E-state index contributed by atoms with van der Waals surface area (Å²) in [6, 6.07) is 13.7. The van der Waals surface area contributed by atoms with Crippen molar-refractivity contribution in [2.75, 3.05) is 12.4 Å². The first-order valence-electron chi connectivity index (χ1n) is 9.72. The number of ether oxygens (including phenoxy) is 1. The van der Waals surface area contributed by atoms with E-state index in [0.717, 1.165) is 43.3 Å². The molecule has 2 heterocycles. The molecule has 0 aliphatic carbocycles. The predicted molar refractivity (Wildman–Crippen MR) is 127 cm³/mol. The molecule has 156 valence electrons. The topological polar surface area (TPSA) is 64.4 Å². The van der Waals surface area contributed by atoms with Crippen LogP contribution >= 0.6 is 15.9 Å². The fourth-order valence-electron chi connectivity index (χ4n) is 3.61. The van der Waals surface area contributed by atoms with Crippen LogP contribution in [0.15, 0.2) is 76.1 Å². The summed E-state index contributed by atoms with van der Waals surface area (Å²) in [7, 11) is 1.62. The van der Waals surface area contributed by atoms with Gasteiger partial charge in [0.2, 0.25) is 5.91 Å². The van der Waals surface area contributed by atoms with Crippen molar-refractivity contribution in [3.63, 3.8) is 0 Å². The lowest BCUT2D eigenvalue weighted by Crippen LogP contribution is -2.08. The van der Waals surface area contributed by atoms with E-state index >= 15 is 0 Å². The minimum atomic E-state index is -0.231. The highest BCUT2D eigenvalue weighted by atomic mass is 79.9. The Bertz CT molecular complexity index is 1280. The third-order valence-electron chi connectivity index (χ3n) is 5.10. The summed E-state index contributed by atoms with van der Waals surface area (Å²) >= 11 is 3.48. The van der Waals surface area contributed by atoms with E-state index in [1.54, 1.807) is 44.0 Å². The van der Waals surface area contributed by atoms with E-state index in [9.17, 15) is 4.79 Å². The third kappa shape index (κ3) is 4.25. The first kappa shape index (κ1) is 20.9. The van der Waals surface area contributed by atoms with Crippen LogP contribution in [0.4, 0.5) is 5.69 Å². The van der Waals surface area contributed by atoms with Crippen LogP contribution in [0.5, 0.6) is 5.75 Å². The summed E-state index contributed by atoms with van der Waals surface area (Å²) in [5.41, 5.74) is 5.96. The first-order valence-corrected chi connectivity index (χ1v) is 10.5. The van der Waals surface area contributed by atoms with Gasteiger partial charge in [0.25, 0.3) is 0 Å². The molecule has 2 aromatic carbocycles. The Morgan fingerprint density at radius 2 is 2.00 bits per heavy atom. The molecule has 0 spiro atoms. The number of pyridine rings is 1. The standard InChI is InChI=1S/C25H21BrN2O3/c1-15(11-23(29)28-19-5-4-10-27-13-19)20-12-21-22(17-6-8-18(26)9-7-17)14-31-25(21)16(2)24(20)30-3/h4-14H,1-3H3,(H,28,29)/b15-11+. The Kier molecular flexibility index (Phi) is 5.91. The fraction of sp³-hybridized carbons (Fsp3) is 0.120. The van der Waals surface area contributed by atoms with Crippen LogP contribution in [-0.2, 0) is 4.79 Å². The molecule has 5 nitrogen and oxygen atoms in total. The largest absolute Gasteiger partial charge is 0.496 e. The van der Waals surface area contributed by atoms with E-state index in [4.69, 9.17) is 9.15 Å². The highest BCUT2D eigenvalue weighted by Crippen LogP contribution is 2.40. The predicted octanol–water partition coefficient (Wildman–Crippen LogP) is 6.62. The molecule has 0 fully saturated rings. The molecule has 0 radical (unpaired) electrons. The van der Waals surface area contributed by atoms with E-state index in [2.05, 4.69) is 26.2 Å². The molecule has 2 aromatic heterocycles. The number of benzene rings is 2. The molecule has 0 bridgehead atoms. The second-order valence-electron chi connectivity index (χ2n) is 7.17. The second kappa shape index (κ2) is 8.78. The number of hydrogen-bond acceptors (Lipinski definition) is 4. The van der Waals surface area contributed by atoms with E-state index in [1.807, 2.05) is 44.2 Å². The minimum absolute atomic E-state index is 0.231. The van der Waals surface area contributed by atoms with Crippen molar-refractivity contribution in [2.45, 2.75) is 13.8 Å². The maximum Gasteiger partial charge on any atom is 0.248 e. The Labute approximate surface area is 188 Å². The number of nitrogens with zero attached hydrogens (tertiary/aromatic N) is 1. The van der Waals surface area contributed by atoms with Gasteiger partial charge in [0.1, 0.15) is 11.3 Å². The van der Waals surface area contributed by atoms with E-state index in [-0.39, 0.29) is 5.91 Å². The van der Waals surface area contributed by atoms with Gasteiger partial charge in [-0.05, 0) is 55.3 Å². The molecule has 31 heavy (non-hydrogen) atoms. The molecule has 4 rings (SSSR count). The van der Waals surface area contributed by atoms with Crippen LogP contribution in [0.1, 0.15) is 18.1 Å². The zero-order valence-electron chi connectivity index (χ0n) is 17.4. The molecule has 1 amide bonds. The van der Waals surface area contributed by atoms with Gasteiger partial charge in [-0.1, -0.05) is 28.1 Å². The van der Waals surface area contributed by atoms with E-state index in [0.29, 0.717) is 11.4 Å². The van der Waals surface area contributed by atoms with Crippen LogP contribution in [0, 0.1) is 6.92 Å². The second-order valence-corrected chi connectivity index (χ2v) is 8.09. The molecule has 0 unspecified atom stereocenters. The monoisotopic (exact) mass is 476 g/mol. The van der Waals surface area contributed by atoms with Crippen LogP contribution in [0.25, 0.3) is 27.7 Å². The number of aromatic nitrogens is 1. The Balaban J connectivity index is 1.78. The van der Waals surface area contributed by atoms with Gasteiger partial charge in [-0.2, -0.15) is 0 Å². The third-order valence-corrected chi connectivity index (χ3v) is 5.63. The number of fused-ring (bicyclic) bond motifs is 1.